The monoisotopic (exact) mass is 554 g/mol. The molecule has 2 N–H and O–H groups in total. The fourth-order valence-corrected chi connectivity index (χ4v) is 4.55. The van der Waals surface area contributed by atoms with Crippen molar-refractivity contribution in [3.8, 4) is 17.1 Å². The van der Waals surface area contributed by atoms with Crippen LogP contribution >= 0.6 is 0 Å². The van der Waals surface area contributed by atoms with Crippen molar-refractivity contribution in [1.82, 2.24) is 14.6 Å². The summed E-state index contributed by atoms with van der Waals surface area (Å²) in [6.07, 6.45) is 0.490. The molecular weight excluding hydrogens is 529 g/mol. The third kappa shape index (κ3) is 6.14. The number of halogens is 1. The van der Waals surface area contributed by atoms with Crippen LogP contribution in [0.25, 0.3) is 22.4 Å². The molecule has 0 aliphatic heterocycles. The van der Waals surface area contributed by atoms with E-state index in [1.165, 1.54) is 43.4 Å². The molecule has 2 aromatic heterocycles. The number of fused-ring (bicyclic) bond motifs is 1. The van der Waals surface area contributed by atoms with E-state index in [0.717, 1.165) is 4.31 Å². The molecule has 39 heavy (non-hydrogen) atoms. The number of hydrogen-bond acceptors (Lipinski definition) is 7. The van der Waals surface area contributed by atoms with Crippen LogP contribution in [0.15, 0.2) is 59.0 Å². The Morgan fingerprint density at radius 2 is 1.92 bits per heavy atom. The zero-order valence-electron chi connectivity index (χ0n) is 21.1. The number of aryl methyl sites for hydroxylation is 1. The standard InChI is InChI=1S/C27H26FN3O7S/c1-3-16-14-20-23(25(32)29-2)24(17-8-10-18(28)11-9-17)38-26(20)30-21(16)15-31(39(35)36)12-13-37-22-7-5-4-6-19(22)27(33)34/h4-11,14H,3,12-13,15H2,1-2H3,(H,29,32)(H,33,34)(H,35,36)/p-1. The van der Waals surface area contributed by atoms with Crippen LogP contribution in [-0.2, 0) is 24.2 Å². The van der Waals surface area contributed by atoms with Gasteiger partial charge < -0.3 is 24.1 Å². The summed E-state index contributed by atoms with van der Waals surface area (Å²) in [4.78, 5) is 28.7. The van der Waals surface area contributed by atoms with Gasteiger partial charge in [-0.3, -0.25) is 9.00 Å². The molecule has 0 spiro atoms. The van der Waals surface area contributed by atoms with Crippen molar-refractivity contribution in [2.75, 3.05) is 20.2 Å². The Hall–Kier alpha value is -4.13. The Kier molecular flexibility index (Phi) is 8.69. The molecular formula is C27H25FN3O7S-. The van der Waals surface area contributed by atoms with Gasteiger partial charge in [0.1, 0.15) is 29.5 Å². The largest absolute Gasteiger partial charge is 0.760 e. The van der Waals surface area contributed by atoms with Gasteiger partial charge in [-0.15, -0.1) is 0 Å². The van der Waals surface area contributed by atoms with Crippen LogP contribution in [0, 0.1) is 5.82 Å². The maximum absolute atomic E-state index is 13.5. The summed E-state index contributed by atoms with van der Waals surface area (Å²) in [7, 11) is 1.48. The van der Waals surface area contributed by atoms with Crippen molar-refractivity contribution >= 4 is 34.2 Å². The summed E-state index contributed by atoms with van der Waals surface area (Å²) < 4.78 is 50.2. The first kappa shape index (κ1) is 27.9. The van der Waals surface area contributed by atoms with Crippen molar-refractivity contribution in [2.45, 2.75) is 19.9 Å². The van der Waals surface area contributed by atoms with Crippen LogP contribution in [0.3, 0.4) is 0 Å². The lowest BCUT2D eigenvalue weighted by atomic mass is 10.0. The van der Waals surface area contributed by atoms with Crippen LogP contribution in [0.4, 0.5) is 4.39 Å². The SMILES string of the molecule is CCc1cc2c(C(=O)NC)c(-c3ccc(F)cc3)oc2nc1CN(CCOc1ccccc1C(=O)O)S(=O)[O-]. The average molecular weight is 555 g/mol. The van der Waals surface area contributed by atoms with Crippen LogP contribution in [-0.4, -0.2) is 55.2 Å². The molecule has 2 heterocycles. The molecule has 0 aliphatic carbocycles. The van der Waals surface area contributed by atoms with Gasteiger partial charge in [0.25, 0.3) is 5.91 Å². The van der Waals surface area contributed by atoms with E-state index in [1.807, 2.05) is 6.92 Å². The van der Waals surface area contributed by atoms with Crippen LogP contribution < -0.4 is 10.1 Å². The number of benzene rings is 2. The van der Waals surface area contributed by atoms with Crippen molar-refractivity contribution in [1.29, 1.82) is 0 Å². The summed E-state index contributed by atoms with van der Waals surface area (Å²) in [5.74, 6) is -1.67. The van der Waals surface area contributed by atoms with E-state index in [1.54, 1.807) is 18.2 Å². The molecule has 0 radical (unpaired) electrons. The highest BCUT2D eigenvalue weighted by Crippen LogP contribution is 2.34. The maximum atomic E-state index is 13.5. The first-order chi connectivity index (χ1) is 18.7. The average Bonchev–Trinajstić information content (AvgIpc) is 3.30. The number of carbonyl (C=O) groups excluding carboxylic acids is 1. The van der Waals surface area contributed by atoms with Gasteiger partial charge in [-0.05, 0) is 54.4 Å². The number of furan rings is 1. The first-order valence-electron chi connectivity index (χ1n) is 12.0. The normalized spacial score (nSPS) is 12.0. The van der Waals surface area contributed by atoms with Gasteiger partial charge in [0.15, 0.2) is 0 Å². The van der Waals surface area contributed by atoms with Gasteiger partial charge in [0.05, 0.1) is 23.2 Å². The minimum absolute atomic E-state index is 0.0330. The van der Waals surface area contributed by atoms with Crippen molar-refractivity contribution in [3.05, 3.63) is 82.8 Å². The smallest absolute Gasteiger partial charge is 0.339 e. The van der Waals surface area contributed by atoms with E-state index in [-0.39, 0.29) is 48.0 Å². The number of nitrogens with zero attached hydrogens (tertiary/aromatic N) is 2. The molecule has 0 bridgehead atoms. The number of pyridine rings is 1. The molecule has 10 nitrogen and oxygen atoms in total. The number of carbonyl (C=O) groups is 2. The molecule has 0 fully saturated rings. The summed E-state index contributed by atoms with van der Waals surface area (Å²) >= 11 is -2.64. The van der Waals surface area contributed by atoms with Gasteiger partial charge in [0.2, 0.25) is 5.71 Å². The first-order valence-corrected chi connectivity index (χ1v) is 13.0. The molecule has 12 heteroatoms. The van der Waals surface area contributed by atoms with Crippen LogP contribution in [0.5, 0.6) is 5.75 Å². The molecule has 4 rings (SSSR count). The Bertz CT molecular complexity index is 1540. The van der Waals surface area contributed by atoms with E-state index >= 15 is 0 Å². The number of carboxylic acids is 1. The lowest BCUT2D eigenvalue weighted by Gasteiger charge is -2.24. The second-order valence-electron chi connectivity index (χ2n) is 8.42. The van der Waals surface area contributed by atoms with Gasteiger partial charge in [-0.25, -0.2) is 18.5 Å². The number of amides is 1. The Balaban J connectivity index is 1.65. The summed E-state index contributed by atoms with van der Waals surface area (Å²) in [5.41, 5.74) is 1.93. The summed E-state index contributed by atoms with van der Waals surface area (Å²) in [6, 6.07) is 13.3. The zero-order chi connectivity index (χ0) is 28.1. The maximum Gasteiger partial charge on any atom is 0.339 e. The van der Waals surface area contributed by atoms with Gasteiger partial charge >= 0.3 is 5.97 Å². The third-order valence-electron chi connectivity index (χ3n) is 6.05. The summed E-state index contributed by atoms with van der Waals surface area (Å²) in [5, 5.41) is 12.3. The molecule has 204 valence electrons. The molecule has 2 aromatic carbocycles. The lowest BCUT2D eigenvalue weighted by molar-refractivity contribution is 0.0691. The Morgan fingerprint density at radius 3 is 2.56 bits per heavy atom. The van der Waals surface area contributed by atoms with Gasteiger partial charge in [-0.1, -0.05) is 19.1 Å². The van der Waals surface area contributed by atoms with E-state index in [2.05, 4.69) is 10.3 Å². The zero-order valence-corrected chi connectivity index (χ0v) is 21.9. The highest BCUT2D eigenvalue weighted by atomic mass is 32.2. The van der Waals surface area contributed by atoms with E-state index in [4.69, 9.17) is 9.15 Å². The number of aromatic carboxylic acids is 1. The predicted octanol–water partition coefficient (Wildman–Crippen LogP) is 3.93. The number of hydrogen-bond donors (Lipinski definition) is 2. The highest BCUT2D eigenvalue weighted by Gasteiger charge is 2.24. The Labute approximate surface area is 225 Å². The number of rotatable bonds is 11. The topological polar surface area (TPSA) is 145 Å². The minimum Gasteiger partial charge on any atom is -0.760 e. The molecule has 1 atom stereocenters. The second kappa shape index (κ2) is 12.2. The molecule has 4 aromatic rings. The predicted molar refractivity (Wildman–Crippen MR) is 140 cm³/mol. The van der Waals surface area contributed by atoms with Gasteiger partial charge in [0, 0.05) is 30.4 Å². The van der Waals surface area contributed by atoms with Crippen molar-refractivity contribution in [3.63, 3.8) is 0 Å². The third-order valence-corrected chi connectivity index (χ3v) is 6.78. The van der Waals surface area contributed by atoms with Crippen LogP contribution in [0.1, 0.15) is 38.9 Å². The van der Waals surface area contributed by atoms with Gasteiger partial charge in [-0.2, -0.15) is 0 Å². The number of aromatic nitrogens is 1. The van der Waals surface area contributed by atoms with Crippen LogP contribution in [0.2, 0.25) is 0 Å². The highest BCUT2D eigenvalue weighted by molar-refractivity contribution is 7.76. The van der Waals surface area contributed by atoms with Crippen molar-refractivity contribution < 1.29 is 37.0 Å². The molecule has 0 aliphatic rings. The number of ether oxygens (including phenoxy) is 1. The minimum atomic E-state index is -2.64. The lowest BCUT2D eigenvalue weighted by Crippen LogP contribution is -2.30. The van der Waals surface area contributed by atoms with E-state index in [0.29, 0.717) is 28.6 Å². The van der Waals surface area contributed by atoms with E-state index in [9.17, 15) is 27.8 Å². The fraction of sp³-hybridized carbons (Fsp3) is 0.222. The summed E-state index contributed by atoms with van der Waals surface area (Å²) in [6.45, 7) is 1.59. The number of carboxylic acid groups (broad SMARTS) is 1. The molecule has 1 unspecified atom stereocenters. The van der Waals surface area contributed by atoms with E-state index < -0.39 is 29.0 Å². The molecule has 0 saturated heterocycles. The quantitative estimate of drug-likeness (QED) is 0.265. The number of nitrogens with one attached hydrogen (secondary N) is 1. The molecule has 0 saturated carbocycles. The second-order valence-corrected chi connectivity index (χ2v) is 9.37. The van der Waals surface area contributed by atoms with Crippen molar-refractivity contribution in [2.24, 2.45) is 0 Å². The fourth-order valence-electron chi connectivity index (χ4n) is 4.10. The molecule has 1 amide bonds. The Morgan fingerprint density at radius 1 is 1.21 bits per heavy atom. The number of para-hydroxylation sites is 1.